The number of hydrogen-bond acceptors (Lipinski definition) is 4. The number of benzene rings is 4. The Morgan fingerprint density at radius 1 is 0.400 bits per heavy atom. The molecule has 0 aliphatic carbocycles. The normalized spacial score (nSPS) is 10.9. The van der Waals surface area contributed by atoms with Crippen molar-refractivity contribution in [2.24, 2.45) is 0 Å². The fourth-order valence-electron chi connectivity index (χ4n) is 4.49. The molecule has 172 valence electrons. The number of phenols is 2. The molecule has 2 heterocycles. The predicted molar refractivity (Wildman–Crippen MR) is 137 cm³/mol. The number of pyridine rings is 2. The van der Waals surface area contributed by atoms with Gasteiger partial charge in [0.15, 0.2) is 0 Å². The first-order chi connectivity index (χ1) is 16.7. The standard InChI is InChI=1S/C30H20N2O2.Pt/c33-27-17-15-19-7-1-3-9-21(19)29(27)25-13-5-11-23(31-25)24-12-6-14-26(32-24)30-22-10-4-2-8-20(22)16-18-28(30)34;/h1-18,33-34H;. The smallest absolute Gasteiger partial charge is 0.125 e. The Morgan fingerprint density at radius 2 is 0.800 bits per heavy atom. The topological polar surface area (TPSA) is 66.2 Å². The quantitative estimate of drug-likeness (QED) is 0.216. The van der Waals surface area contributed by atoms with E-state index in [0.29, 0.717) is 33.9 Å². The maximum Gasteiger partial charge on any atom is 0.125 e. The van der Waals surface area contributed by atoms with E-state index in [1.165, 1.54) is 0 Å². The van der Waals surface area contributed by atoms with Gasteiger partial charge in [-0.15, -0.1) is 0 Å². The Labute approximate surface area is 216 Å². The van der Waals surface area contributed by atoms with Gasteiger partial charge in [-0.25, -0.2) is 9.97 Å². The third-order valence-electron chi connectivity index (χ3n) is 6.09. The molecule has 2 aromatic heterocycles. The van der Waals surface area contributed by atoms with Crippen molar-refractivity contribution < 1.29 is 31.3 Å². The summed E-state index contributed by atoms with van der Waals surface area (Å²) in [4.78, 5) is 9.72. The molecule has 0 aliphatic rings. The molecule has 35 heavy (non-hydrogen) atoms. The molecule has 5 heteroatoms. The minimum Gasteiger partial charge on any atom is -0.507 e. The van der Waals surface area contributed by atoms with Crippen molar-refractivity contribution >= 4 is 21.5 Å². The van der Waals surface area contributed by atoms with Crippen LogP contribution in [0.3, 0.4) is 0 Å². The third-order valence-corrected chi connectivity index (χ3v) is 6.09. The van der Waals surface area contributed by atoms with Crippen LogP contribution in [-0.2, 0) is 21.1 Å². The van der Waals surface area contributed by atoms with E-state index in [1.807, 2.05) is 97.1 Å². The molecule has 4 nitrogen and oxygen atoms in total. The van der Waals surface area contributed by atoms with Crippen LogP contribution < -0.4 is 0 Å². The second-order valence-electron chi connectivity index (χ2n) is 8.18. The van der Waals surface area contributed by atoms with Crippen LogP contribution in [0.25, 0.3) is 55.4 Å². The first-order valence-electron chi connectivity index (χ1n) is 11.1. The van der Waals surface area contributed by atoms with Crippen LogP contribution in [0.1, 0.15) is 0 Å². The van der Waals surface area contributed by atoms with Gasteiger partial charge in [0.1, 0.15) is 11.5 Å². The van der Waals surface area contributed by atoms with Crippen LogP contribution in [0.4, 0.5) is 0 Å². The molecular formula is C30H20N2O2Pt. The zero-order chi connectivity index (χ0) is 23.1. The van der Waals surface area contributed by atoms with Gasteiger partial charge >= 0.3 is 0 Å². The van der Waals surface area contributed by atoms with Gasteiger partial charge in [-0.2, -0.15) is 0 Å². The summed E-state index contributed by atoms with van der Waals surface area (Å²) in [5, 5.41) is 25.3. The summed E-state index contributed by atoms with van der Waals surface area (Å²) < 4.78 is 0. The molecule has 0 unspecified atom stereocenters. The van der Waals surface area contributed by atoms with Gasteiger partial charge in [-0.1, -0.05) is 72.8 Å². The second-order valence-corrected chi connectivity index (χ2v) is 8.18. The zero-order valence-corrected chi connectivity index (χ0v) is 20.8. The van der Waals surface area contributed by atoms with Gasteiger partial charge in [0.2, 0.25) is 0 Å². The van der Waals surface area contributed by atoms with Gasteiger partial charge in [0, 0.05) is 32.2 Å². The molecule has 0 bridgehead atoms. The molecule has 0 amide bonds. The van der Waals surface area contributed by atoms with Crippen LogP contribution >= 0.6 is 0 Å². The average molecular weight is 636 g/mol. The van der Waals surface area contributed by atoms with Gasteiger partial charge in [0.25, 0.3) is 0 Å². The summed E-state index contributed by atoms with van der Waals surface area (Å²) in [6.45, 7) is 0. The van der Waals surface area contributed by atoms with E-state index in [9.17, 15) is 10.2 Å². The fourth-order valence-corrected chi connectivity index (χ4v) is 4.49. The molecule has 2 N–H and O–H groups in total. The van der Waals surface area contributed by atoms with E-state index >= 15 is 0 Å². The molecule has 6 aromatic rings. The van der Waals surface area contributed by atoms with E-state index in [-0.39, 0.29) is 32.6 Å². The van der Waals surface area contributed by atoms with Crippen molar-refractivity contribution in [3.8, 4) is 45.4 Å². The summed E-state index contributed by atoms with van der Waals surface area (Å²) in [5.74, 6) is 0.372. The summed E-state index contributed by atoms with van der Waals surface area (Å²) in [6, 6.07) is 34.5. The van der Waals surface area contributed by atoms with E-state index in [4.69, 9.17) is 9.97 Å². The van der Waals surface area contributed by atoms with Crippen LogP contribution in [0.15, 0.2) is 109 Å². The molecule has 0 saturated heterocycles. The van der Waals surface area contributed by atoms with Crippen molar-refractivity contribution in [1.82, 2.24) is 9.97 Å². The van der Waals surface area contributed by atoms with Crippen molar-refractivity contribution in [1.29, 1.82) is 0 Å². The molecule has 0 radical (unpaired) electrons. The third kappa shape index (κ3) is 4.07. The summed E-state index contributed by atoms with van der Waals surface area (Å²) in [5.41, 5.74) is 4.11. The molecule has 0 atom stereocenters. The van der Waals surface area contributed by atoms with Gasteiger partial charge in [-0.3, -0.25) is 0 Å². The number of nitrogens with zero attached hydrogens (tertiary/aromatic N) is 2. The van der Waals surface area contributed by atoms with E-state index in [1.54, 1.807) is 12.1 Å². The number of phenolic OH excluding ortho intramolecular Hbond substituents is 2. The van der Waals surface area contributed by atoms with Crippen molar-refractivity contribution in [2.45, 2.75) is 0 Å². The van der Waals surface area contributed by atoms with Crippen molar-refractivity contribution in [2.75, 3.05) is 0 Å². The van der Waals surface area contributed by atoms with Gasteiger partial charge in [-0.05, 0) is 57.9 Å². The van der Waals surface area contributed by atoms with Crippen molar-refractivity contribution in [3.63, 3.8) is 0 Å². The maximum atomic E-state index is 10.7. The van der Waals surface area contributed by atoms with Crippen molar-refractivity contribution in [3.05, 3.63) is 109 Å². The Balaban J connectivity index is 0.00000253. The van der Waals surface area contributed by atoms with Gasteiger partial charge < -0.3 is 10.2 Å². The molecule has 6 rings (SSSR count). The number of fused-ring (bicyclic) bond motifs is 2. The predicted octanol–water partition coefficient (Wildman–Crippen LogP) is 7.19. The fraction of sp³-hybridized carbons (Fsp3) is 0. The van der Waals surface area contributed by atoms with E-state index in [2.05, 4.69) is 0 Å². The van der Waals surface area contributed by atoms with Crippen LogP contribution in [0.5, 0.6) is 11.5 Å². The van der Waals surface area contributed by atoms with Crippen LogP contribution in [-0.4, -0.2) is 20.2 Å². The SMILES string of the molecule is Oc1ccc2ccccc2c1-c1cccc(-c2cccc(-c3c(O)ccc4ccccc34)n2)n1.[Pt]. The van der Waals surface area contributed by atoms with Crippen LogP contribution in [0, 0.1) is 0 Å². The number of aromatic hydroxyl groups is 2. The summed E-state index contributed by atoms with van der Waals surface area (Å²) in [7, 11) is 0. The Bertz CT molecular complexity index is 1570. The number of rotatable bonds is 3. The molecule has 0 aliphatic heterocycles. The van der Waals surface area contributed by atoms with Gasteiger partial charge in [0.05, 0.1) is 22.8 Å². The molecule has 0 saturated carbocycles. The Kier molecular flexibility index (Phi) is 6.06. The van der Waals surface area contributed by atoms with E-state index < -0.39 is 0 Å². The number of hydrogen-bond donors (Lipinski definition) is 2. The maximum absolute atomic E-state index is 10.7. The zero-order valence-electron chi connectivity index (χ0n) is 18.5. The monoisotopic (exact) mass is 635 g/mol. The minimum absolute atomic E-state index is 0. The first-order valence-corrected chi connectivity index (χ1v) is 11.1. The minimum atomic E-state index is 0. The first kappa shape index (κ1) is 22.8. The van der Waals surface area contributed by atoms with Crippen LogP contribution in [0.2, 0.25) is 0 Å². The Morgan fingerprint density at radius 3 is 1.26 bits per heavy atom. The molecule has 4 aromatic carbocycles. The van der Waals surface area contributed by atoms with E-state index in [0.717, 1.165) is 21.5 Å². The molecule has 0 spiro atoms. The Hall–Kier alpha value is -4.01. The average Bonchev–Trinajstić information content (AvgIpc) is 2.89. The second kappa shape index (κ2) is 9.32. The largest absolute Gasteiger partial charge is 0.507 e. The number of aromatic nitrogens is 2. The molecular weight excluding hydrogens is 615 g/mol. The summed E-state index contributed by atoms with van der Waals surface area (Å²) >= 11 is 0. The molecule has 0 fully saturated rings. The summed E-state index contributed by atoms with van der Waals surface area (Å²) in [6.07, 6.45) is 0.